The minimum atomic E-state index is -0.372. The lowest BCUT2D eigenvalue weighted by molar-refractivity contribution is 0.0940. The Labute approximate surface area is 173 Å². The molecule has 0 aliphatic rings. The molecule has 4 rings (SSSR count). The molecule has 8 heteroatoms. The van der Waals surface area contributed by atoms with Gasteiger partial charge >= 0.3 is 0 Å². The number of hydrogen-bond acceptors (Lipinski definition) is 6. The maximum Gasteiger partial charge on any atom is 0.291 e. The molecule has 2 aromatic carbocycles. The molecule has 0 radical (unpaired) electrons. The summed E-state index contributed by atoms with van der Waals surface area (Å²) >= 11 is 0. The third kappa shape index (κ3) is 4.22. The first-order chi connectivity index (χ1) is 14.6. The van der Waals surface area contributed by atoms with Crippen LogP contribution in [0.5, 0.6) is 11.5 Å². The largest absolute Gasteiger partial charge is 0.493 e. The molecule has 0 aliphatic carbocycles. The van der Waals surface area contributed by atoms with Gasteiger partial charge in [-0.2, -0.15) is 4.98 Å². The number of rotatable bonds is 7. The molecule has 0 fully saturated rings. The normalized spacial score (nSPS) is 10.7. The second kappa shape index (κ2) is 8.60. The van der Waals surface area contributed by atoms with Gasteiger partial charge in [-0.25, -0.2) is 9.50 Å². The van der Waals surface area contributed by atoms with E-state index in [9.17, 15) is 4.79 Å². The zero-order valence-electron chi connectivity index (χ0n) is 16.7. The van der Waals surface area contributed by atoms with Gasteiger partial charge in [-0.05, 0) is 36.2 Å². The monoisotopic (exact) mass is 403 g/mol. The molecule has 0 spiro atoms. The van der Waals surface area contributed by atoms with Crippen molar-refractivity contribution in [3.63, 3.8) is 0 Å². The lowest BCUT2D eigenvalue weighted by atomic mass is 10.2. The molecule has 4 aromatic rings. The van der Waals surface area contributed by atoms with Gasteiger partial charge < -0.3 is 14.8 Å². The van der Waals surface area contributed by atoms with E-state index in [0.29, 0.717) is 30.4 Å². The van der Waals surface area contributed by atoms with E-state index >= 15 is 0 Å². The molecule has 0 unspecified atom stereocenters. The minimum absolute atomic E-state index is 0.0755. The van der Waals surface area contributed by atoms with Crippen LogP contribution in [-0.4, -0.2) is 32.6 Å². The van der Waals surface area contributed by atoms with Crippen molar-refractivity contribution in [3.8, 4) is 11.5 Å². The number of aromatic nitrogens is 4. The summed E-state index contributed by atoms with van der Waals surface area (Å²) in [5.74, 6) is 1.33. The molecule has 1 N–H and O–H groups in total. The molecule has 8 nitrogen and oxygen atoms in total. The summed E-state index contributed by atoms with van der Waals surface area (Å²) in [5, 5.41) is 7.03. The average molecular weight is 403 g/mol. The SMILES string of the molecule is COc1cc(CNC(=O)c2nc3nccc(C)n3n2)ccc1OCc1ccccc1. The van der Waals surface area contributed by atoms with Gasteiger partial charge in [0.05, 0.1) is 7.11 Å². The number of amides is 1. The molecule has 1 amide bonds. The molecule has 0 saturated carbocycles. The maximum atomic E-state index is 12.4. The van der Waals surface area contributed by atoms with E-state index in [4.69, 9.17) is 9.47 Å². The van der Waals surface area contributed by atoms with Crippen LogP contribution < -0.4 is 14.8 Å². The van der Waals surface area contributed by atoms with Gasteiger partial charge in [0.2, 0.25) is 5.82 Å². The third-order valence-electron chi connectivity index (χ3n) is 4.55. The summed E-state index contributed by atoms with van der Waals surface area (Å²) in [6.07, 6.45) is 1.63. The van der Waals surface area contributed by atoms with Gasteiger partial charge in [-0.1, -0.05) is 36.4 Å². The van der Waals surface area contributed by atoms with Gasteiger partial charge in [0.25, 0.3) is 11.7 Å². The lowest BCUT2D eigenvalue weighted by Crippen LogP contribution is -2.24. The maximum absolute atomic E-state index is 12.4. The number of nitrogens with one attached hydrogen (secondary N) is 1. The van der Waals surface area contributed by atoms with Gasteiger partial charge in [0, 0.05) is 18.4 Å². The van der Waals surface area contributed by atoms with Crippen LogP contribution in [0.2, 0.25) is 0 Å². The van der Waals surface area contributed by atoms with Crippen molar-refractivity contribution in [2.24, 2.45) is 0 Å². The lowest BCUT2D eigenvalue weighted by Gasteiger charge is -2.12. The fraction of sp³-hybridized carbons (Fsp3) is 0.182. The van der Waals surface area contributed by atoms with E-state index < -0.39 is 0 Å². The summed E-state index contributed by atoms with van der Waals surface area (Å²) in [6, 6.07) is 17.3. The van der Waals surface area contributed by atoms with Crippen LogP contribution in [0.25, 0.3) is 5.78 Å². The van der Waals surface area contributed by atoms with Crippen LogP contribution in [0.1, 0.15) is 27.4 Å². The first kappa shape index (κ1) is 19.4. The summed E-state index contributed by atoms with van der Waals surface area (Å²) in [4.78, 5) is 20.7. The number of ether oxygens (including phenoxy) is 2. The molecule has 0 atom stereocenters. The average Bonchev–Trinajstić information content (AvgIpc) is 3.23. The van der Waals surface area contributed by atoms with E-state index in [-0.39, 0.29) is 11.7 Å². The topological polar surface area (TPSA) is 90.6 Å². The number of fused-ring (bicyclic) bond motifs is 1. The number of nitrogens with zero attached hydrogens (tertiary/aromatic N) is 4. The van der Waals surface area contributed by atoms with E-state index in [1.54, 1.807) is 19.4 Å². The molecule has 0 saturated heterocycles. The van der Waals surface area contributed by atoms with E-state index in [1.807, 2.05) is 55.5 Å². The standard InChI is InChI=1S/C22H21N5O3/c1-15-10-11-23-22-25-20(26-27(15)22)21(28)24-13-17-8-9-18(19(12-17)29-2)30-14-16-6-4-3-5-7-16/h3-12H,13-14H2,1-2H3,(H,24,28). The van der Waals surface area contributed by atoms with Gasteiger partial charge in [0.1, 0.15) is 6.61 Å². The van der Waals surface area contributed by atoms with Crippen LogP contribution in [0.15, 0.2) is 60.8 Å². The van der Waals surface area contributed by atoms with E-state index in [2.05, 4.69) is 20.4 Å². The van der Waals surface area contributed by atoms with Crippen LogP contribution in [-0.2, 0) is 13.2 Å². The van der Waals surface area contributed by atoms with Crippen LogP contribution in [0, 0.1) is 6.92 Å². The van der Waals surface area contributed by atoms with Crippen molar-refractivity contribution in [2.75, 3.05) is 7.11 Å². The smallest absolute Gasteiger partial charge is 0.291 e. The molecule has 152 valence electrons. The van der Waals surface area contributed by atoms with Gasteiger partial charge in [0.15, 0.2) is 11.5 Å². The quantitative estimate of drug-likeness (QED) is 0.510. The molecule has 2 heterocycles. The summed E-state index contributed by atoms with van der Waals surface area (Å²) in [5.41, 5.74) is 2.79. The first-order valence-corrected chi connectivity index (χ1v) is 9.44. The number of hydrogen-bond donors (Lipinski definition) is 1. The predicted octanol–water partition coefficient (Wildman–Crippen LogP) is 2.95. The highest BCUT2D eigenvalue weighted by atomic mass is 16.5. The Hall–Kier alpha value is -3.94. The van der Waals surface area contributed by atoms with E-state index in [0.717, 1.165) is 16.8 Å². The van der Waals surface area contributed by atoms with Crippen molar-refractivity contribution in [1.29, 1.82) is 0 Å². The molecule has 0 aliphatic heterocycles. The molecular weight excluding hydrogens is 382 g/mol. The summed E-state index contributed by atoms with van der Waals surface area (Å²) in [7, 11) is 1.59. The highest BCUT2D eigenvalue weighted by molar-refractivity contribution is 5.90. The Kier molecular flexibility index (Phi) is 5.56. The van der Waals surface area contributed by atoms with Crippen molar-refractivity contribution in [2.45, 2.75) is 20.1 Å². The number of carbonyl (C=O) groups excluding carboxylic acids is 1. The molecule has 2 aromatic heterocycles. The van der Waals surface area contributed by atoms with Gasteiger partial charge in [-0.3, -0.25) is 4.79 Å². The van der Waals surface area contributed by atoms with Crippen molar-refractivity contribution < 1.29 is 14.3 Å². The van der Waals surface area contributed by atoms with E-state index in [1.165, 1.54) is 4.52 Å². The van der Waals surface area contributed by atoms with Gasteiger partial charge in [-0.15, -0.1) is 5.10 Å². The number of benzene rings is 2. The fourth-order valence-electron chi connectivity index (χ4n) is 2.94. The Balaban J connectivity index is 1.41. The number of carbonyl (C=O) groups is 1. The van der Waals surface area contributed by atoms with Crippen molar-refractivity contribution in [3.05, 3.63) is 83.4 Å². The fourth-order valence-corrected chi connectivity index (χ4v) is 2.94. The second-order valence-corrected chi connectivity index (χ2v) is 6.68. The Morgan fingerprint density at radius 1 is 1.07 bits per heavy atom. The molecule has 30 heavy (non-hydrogen) atoms. The van der Waals surface area contributed by atoms with Crippen molar-refractivity contribution >= 4 is 11.7 Å². The number of aryl methyl sites for hydroxylation is 1. The third-order valence-corrected chi connectivity index (χ3v) is 4.55. The zero-order chi connectivity index (χ0) is 20.9. The van der Waals surface area contributed by atoms with Crippen LogP contribution in [0.3, 0.4) is 0 Å². The highest BCUT2D eigenvalue weighted by Gasteiger charge is 2.14. The first-order valence-electron chi connectivity index (χ1n) is 9.44. The van der Waals surface area contributed by atoms with Crippen LogP contribution in [0.4, 0.5) is 0 Å². The Morgan fingerprint density at radius 3 is 2.67 bits per heavy atom. The Bertz CT molecular complexity index is 1170. The predicted molar refractivity (Wildman–Crippen MR) is 110 cm³/mol. The summed E-state index contributed by atoms with van der Waals surface area (Å²) < 4.78 is 12.9. The highest BCUT2D eigenvalue weighted by Crippen LogP contribution is 2.28. The van der Waals surface area contributed by atoms with Crippen molar-refractivity contribution in [1.82, 2.24) is 24.9 Å². The second-order valence-electron chi connectivity index (χ2n) is 6.68. The van der Waals surface area contributed by atoms with Crippen LogP contribution >= 0.6 is 0 Å². The summed E-state index contributed by atoms with van der Waals surface area (Å²) in [6.45, 7) is 2.62. The molecule has 0 bridgehead atoms. The zero-order valence-corrected chi connectivity index (χ0v) is 16.7. The number of methoxy groups -OCH3 is 1. The minimum Gasteiger partial charge on any atom is -0.493 e. The molecular formula is C22H21N5O3. The Morgan fingerprint density at radius 2 is 1.90 bits per heavy atom.